The van der Waals surface area contributed by atoms with E-state index >= 15 is 0 Å². The molecule has 2 aromatic rings. The normalized spacial score (nSPS) is 10.1. The van der Waals surface area contributed by atoms with Crippen molar-refractivity contribution < 1.29 is 23.8 Å². The van der Waals surface area contributed by atoms with Gasteiger partial charge in [-0.25, -0.2) is 14.0 Å². The second kappa shape index (κ2) is 5.48. The quantitative estimate of drug-likeness (QED) is 0.870. The Hall–Kier alpha value is -2.76. The van der Waals surface area contributed by atoms with Gasteiger partial charge in [-0.2, -0.15) is 0 Å². The van der Waals surface area contributed by atoms with Crippen LogP contribution in [0.3, 0.4) is 0 Å². The number of nitrogens with zero attached hydrogens (tertiary/aromatic N) is 1. The molecule has 0 aliphatic carbocycles. The van der Waals surface area contributed by atoms with Gasteiger partial charge in [-0.1, -0.05) is 6.07 Å². The molecule has 1 aromatic carbocycles. The SMILES string of the molecule is COC(=O)c1ccc(-c2ncccc2C(=O)O)cc1F. The molecule has 0 saturated heterocycles. The molecule has 5 nitrogen and oxygen atoms in total. The maximum Gasteiger partial charge on any atom is 0.340 e. The minimum Gasteiger partial charge on any atom is -0.478 e. The number of carboxylic acids is 1. The molecule has 0 amide bonds. The molecular weight excluding hydrogens is 265 g/mol. The van der Waals surface area contributed by atoms with Crippen LogP contribution >= 0.6 is 0 Å². The summed E-state index contributed by atoms with van der Waals surface area (Å²) in [6.07, 6.45) is 1.41. The van der Waals surface area contributed by atoms with Crippen LogP contribution in [0.25, 0.3) is 11.3 Å². The number of aromatic nitrogens is 1. The van der Waals surface area contributed by atoms with Gasteiger partial charge in [0.15, 0.2) is 0 Å². The summed E-state index contributed by atoms with van der Waals surface area (Å²) in [4.78, 5) is 26.3. The number of halogens is 1. The van der Waals surface area contributed by atoms with Gasteiger partial charge in [0.05, 0.1) is 23.9 Å². The number of rotatable bonds is 3. The van der Waals surface area contributed by atoms with E-state index in [1.165, 1.54) is 30.5 Å². The highest BCUT2D eigenvalue weighted by Gasteiger charge is 2.16. The van der Waals surface area contributed by atoms with Crippen molar-refractivity contribution in [1.82, 2.24) is 4.98 Å². The molecule has 2 rings (SSSR count). The number of hydrogen-bond donors (Lipinski definition) is 1. The van der Waals surface area contributed by atoms with Crippen molar-refractivity contribution in [1.29, 1.82) is 0 Å². The van der Waals surface area contributed by atoms with Gasteiger partial charge in [-0.05, 0) is 24.3 Å². The van der Waals surface area contributed by atoms with Crippen molar-refractivity contribution in [3.8, 4) is 11.3 Å². The fourth-order valence-corrected chi connectivity index (χ4v) is 1.75. The molecule has 102 valence electrons. The second-order valence-electron chi connectivity index (χ2n) is 3.89. The molecule has 0 radical (unpaired) electrons. The Morgan fingerprint density at radius 3 is 2.60 bits per heavy atom. The number of carbonyl (C=O) groups excluding carboxylic acids is 1. The highest BCUT2D eigenvalue weighted by atomic mass is 19.1. The fraction of sp³-hybridized carbons (Fsp3) is 0.0714. The molecule has 20 heavy (non-hydrogen) atoms. The van der Waals surface area contributed by atoms with E-state index in [0.29, 0.717) is 0 Å². The van der Waals surface area contributed by atoms with Crippen LogP contribution in [0.5, 0.6) is 0 Å². The first-order chi connectivity index (χ1) is 9.54. The molecule has 0 fully saturated rings. The molecule has 0 spiro atoms. The molecule has 0 aliphatic heterocycles. The van der Waals surface area contributed by atoms with Crippen molar-refractivity contribution in [3.05, 3.63) is 53.5 Å². The lowest BCUT2D eigenvalue weighted by Crippen LogP contribution is -2.05. The number of pyridine rings is 1. The topological polar surface area (TPSA) is 76.5 Å². The van der Waals surface area contributed by atoms with Gasteiger partial charge in [0, 0.05) is 11.8 Å². The zero-order valence-corrected chi connectivity index (χ0v) is 10.5. The van der Waals surface area contributed by atoms with E-state index in [0.717, 1.165) is 13.2 Å². The molecular formula is C14H10FNO4. The Bertz CT molecular complexity index is 685. The number of ether oxygens (including phenoxy) is 1. The zero-order valence-electron chi connectivity index (χ0n) is 10.5. The molecule has 0 saturated carbocycles. The largest absolute Gasteiger partial charge is 0.478 e. The average molecular weight is 275 g/mol. The minimum absolute atomic E-state index is 0.0438. The summed E-state index contributed by atoms with van der Waals surface area (Å²) in [5, 5.41) is 9.07. The first-order valence-electron chi connectivity index (χ1n) is 5.61. The predicted molar refractivity (Wildman–Crippen MR) is 67.9 cm³/mol. The van der Waals surface area contributed by atoms with E-state index in [1.807, 2.05) is 0 Å². The minimum atomic E-state index is -1.16. The number of carbonyl (C=O) groups is 2. The molecule has 0 bridgehead atoms. The monoisotopic (exact) mass is 275 g/mol. The van der Waals surface area contributed by atoms with Crippen molar-refractivity contribution in [3.63, 3.8) is 0 Å². The van der Waals surface area contributed by atoms with Gasteiger partial charge in [-0.3, -0.25) is 4.98 Å². The standard InChI is InChI=1S/C14H10FNO4/c1-20-14(19)9-5-4-8(7-11(9)15)12-10(13(17)18)3-2-6-16-12/h2-7H,1H3,(H,17,18). The van der Waals surface area contributed by atoms with E-state index in [1.54, 1.807) is 0 Å². The van der Waals surface area contributed by atoms with Gasteiger partial charge < -0.3 is 9.84 Å². The third-order valence-corrected chi connectivity index (χ3v) is 2.69. The lowest BCUT2D eigenvalue weighted by molar-refractivity contribution is 0.0594. The maximum absolute atomic E-state index is 13.8. The lowest BCUT2D eigenvalue weighted by atomic mass is 10.0. The van der Waals surface area contributed by atoms with Crippen LogP contribution in [-0.4, -0.2) is 29.1 Å². The Balaban J connectivity index is 2.53. The third kappa shape index (κ3) is 2.49. The molecule has 1 heterocycles. The number of carboxylic acid groups (broad SMARTS) is 1. The van der Waals surface area contributed by atoms with E-state index < -0.39 is 17.8 Å². The Kier molecular flexibility index (Phi) is 3.74. The van der Waals surface area contributed by atoms with Crippen LogP contribution in [0.1, 0.15) is 20.7 Å². The molecule has 1 aromatic heterocycles. The Morgan fingerprint density at radius 2 is 2.00 bits per heavy atom. The maximum atomic E-state index is 13.8. The van der Waals surface area contributed by atoms with Gasteiger partial charge in [0.2, 0.25) is 0 Å². The van der Waals surface area contributed by atoms with Gasteiger partial charge in [0.25, 0.3) is 0 Å². The summed E-state index contributed by atoms with van der Waals surface area (Å²) in [5.41, 5.74) is 0.144. The number of aromatic carboxylic acids is 1. The fourth-order valence-electron chi connectivity index (χ4n) is 1.75. The smallest absolute Gasteiger partial charge is 0.340 e. The summed E-state index contributed by atoms with van der Waals surface area (Å²) >= 11 is 0. The average Bonchev–Trinajstić information content (AvgIpc) is 2.46. The van der Waals surface area contributed by atoms with Gasteiger partial charge in [0.1, 0.15) is 5.82 Å². The Labute approximate surface area is 113 Å². The third-order valence-electron chi connectivity index (χ3n) is 2.69. The van der Waals surface area contributed by atoms with Crippen LogP contribution in [0.4, 0.5) is 4.39 Å². The molecule has 1 N–H and O–H groups in total. The van der Waals surface area contributed by atoms with E-state index in [4.69, 9.17) is 5.11 Å². The second-order valence-corrected chi connectivity index (χ2v) is 3.89. The van der Waals surface area contributed by atoms with Crippen LogP contribution in [0.15, 0.2) is 36.5 Å². The van der Waals surface area contributed by atoms with E-state index in [-0.39, 0.29) is 22.4 Å². The summed E-state index contributed by atoms with van der Waals surface area (Å²) in [7, 11) is 1.15. The summed E-state index contributed by atoms with van der Waals surface area (Å²) in [6, 6.07) is 6.56. The molecule has 0 aliphatic rings. The number of esters is 1. The summed E-state index contributed by atoms with van der Waals surface area (Å²) < 4.78 is 18.3. The highest BCUT2D eigenvalue weighted by molar-refractivity contribution is 5.95. The zero-order chi connectivity index (χ0) is 14.7. The Morgan fingerprint density at radius 1 is 1.25 bits per heavy atom. The van der Waals surface area contributed by atoms with Crippen LogP contribution in [0, 0.1) is 5.82 Å². The van der Waals surface area contributed by atoms with Gasteiger partial charge in [-0.15, -0.1) is 0 Å². The van der Waals surface area contributed by atoms with Crippen LogP contribution < -0.4 is 0 Å². The summed E-state index contributed by atoms with van der Waals surface area (Å²) in [5.74, 6) is -2.75. The predicted octanol–water partition coefficient (Wildman–Crippen LogP) is 2.37. The van der Waals surface area contributed by atoms with E-state index in [9.17, 15) is 14.0 Å². The van der Waals surface area contributed by atoms with E-state index in [2.05, 4.69) is 9.72 Å². The van der Waals surface area contributed by atoms with Gasteiger partial charge >= 0.3 is 11.9 Å². The van der Waals surface area contributed by atoms with Crippen LogP contribution in [0.2, 0.25) is 0 Å². The summed E-state index contributed by atoms with van der Waals surface area (Å²) in [6.45, 7) is 0. The van der Waals surface area contributed by atoms with Crippen molar-refractivity contribution >= 4 is 11.9 Å². The molecule has 6 heteroatoms. The first-order valence-corrected chi connectivity index (χ1v) is 5.61. The number of methoxy groups -OCH3 is 1. The number of hydrogen-bond acceptors (Lipinski definition) is 4. The van der Waals surface area contributed by atoms with Crippen LogP contribution in [-0.2, 0) is 4.74 Å². The first kappa shape index (κ1) is 13.7. The van der Waals surface area contributed by atoms with Crippen molar-refractivity contribution in [2.75, 3.05) is 7.11 Å². The van der Waals surface area contributed by atoms with Crippen molar-refractivity contribution in [2.45, 2.75) is 0 Å². The molecule has 0 atom stereocenters. The lowest BCUT2D eigenvalue weighted by Gasteiger charge is -2.07. The number of benzene rings is 1. The van der Waals surface area contributed by atoms with Crippen molar-refractivity contribution in [2.24, 2.45) is 0 Å². The highest BCUT2D eigenvalue weighted by Crippen LogP contribution is 2.23. The molecule has 0 unspecified atom stereocenters.